The van der Waals surface area contributed by atoms with Gasteiger partial charge in [-0.3, -0.25) is 0 Å². The van der Waals surface area contributed by atoms with E-state index in [1.54, 1.807) is 0 Å². The van der Waals surface area contributed by atoms with Crippen LogP contribution in [-0.2, 0) is 0 Å². The Morgan fingerprint density at radius 2 is 2.00 bits per heavy atom. The number of aryl methyl sites for hydroxylation is 1. The first-order valence-electron chi connectivity index (χ1n) is 4.74. The summed E-state index contributed by atoms with van der Waals surface area (Å²) in [4.78, 5) is 0. The number of rotatable bonds is 3. The minimum atomic E-state index is 0.00333. The number of aromatic nitrogens is 3. The second-order valence-corrected chi connectivity index (χ2v) is 3.58. The maximum Gasteiger partial charge on any atom is 0.150 e. The van der Waals surface area contributed by atoms with Crippen LogP contribution in [0.15, 0.2) is 0 Å². The van der Waals surface area contributed by atoms with Gasteiger partial charge < -0.3 is 10.3 Å². The van der Waals surface area contributed by atoms with Crippen molar-refractivity contribution in [3.05, 3.63) is 11.6 Å². The third-order valence-electron chi connectivity index (χ3n) is 2.18. The van der Waals surface area contributed by atoms with E-state index >= 15 is 0 Å². The zero-order valence-corrected chi connectivity index (χ0v) is 8.78. The van der Waals surface area contributed by atoms with E-state index in [9.17, 15) is 0 Å². The molecule has 1 rings (SSSR count). The van der Waals surface area contributed by atoms with E-state index in [1.165, 1.54) is 0 Å². The van der Waals surface area contributed by atoms with Crippen molar-refractivity contribution in [3.63, 3.8) is 0 Å². The largest absolute Gasteiger partial charge is 0.321 e. The summed E-state index contributed by atoms with van der Waals surface area (Å²) in [5, 5.41) is 8.14. The molecule has 4 heteroatoms. The van der Waals surface area contributed by atoms with E-state index in [1.807, 2.05) is 6.92 Å². The quantitative estimate of drug-likeness (QED) is 0.772. The van der Waals surface area contributed by atoms with Gasteiger partial charge >= 0.3 is 0 Å². The van der Waals surface area contributed by atoms with Crippen molar-refractivity contribution in [2.75, 3.05) is 0 Å². The lowest BCUT2D eigenvalue weighted by molar-refractivity contribution is 0.514. The number of nitrogens with zero attached hydrogens (tertiary/aromatic N) is 3. The molecule has 13 heavy (non-hydrogen) atoms. The molecule has 0 aliphatic heterocycles. The molecule has 1 atom stereocenters. The van der Waals surface area contributed by atoms with E-state index in [4.69, 9.17) is 5.73 Å². The van der Waals surface area contributed by atoms with Crippen molar-refractivity contribution in [2.24, 2.45) is 5.73 Å². The molecule has 0 aliphatic carbocycles. The molecular formula is C9H18N4. The van der Waals surface area contributed by atoms with Crippen LogP contribution < -0.4 is 5.73 Å². The Kier molecular flexibility index (Phi) is 3.03. The fourth-order valence-corrected chi connectivity index (χ4v) is 1.46. The van der Waals surface area contributed by atoms with Crippen LogP contribution in [0.5, 0.6) is 0 Å². The summed E-state index contributed by atoms with van der Waals surface area (Å²) in [6.45, 7) is 8.24. The van der Waals surface area contributed by atoms with Crippen molar-refractivity contribution in [2.45, 2.75) is 46.2 Å². The van der Waals surface area contributed by atoms with Gasteiger partial charge in [-0.05, 0) is 27.2 Å². The fraction of sp³-hybridized carbons (Fsp3) is 0.778. The predicted octanol–water partition coefficient (Wildman–Crippen LogP) is 1.58. The van der Waals surface area contributed by atoms with Gasteiger partial charge in [-0.15, -0.1) is 10.2 Å². The van der Waals surface area contributed by atoms with E-state index in [-0.39, 0.29) is 6.04 Å². The molecule has 0 amide bonds. The summed E-state index contributed by atoms with van der Waals surface area (Å²) in [6.07, 6.45) is 0.894. The van der Waals surface area contributed by atoms with Crippen LogP contribution in [0.2, 0.25) is 0 Å². The molecule has 0 radical (unpaired) electrons. The topological polar surface area (TPSA) is 56.7 Å². The molecule has 0 fully saturated rings. The second kappa shape index (κ2) is 3.87. The number of hydrogen-bond donors (Lipinski definition) is 1. The van der Waals surface area contributed by atoms with Crippen molar-refractivity contribution in [3.8, 4) is 0 Å². The van der Waals surface area contributed by atoms with Gasteiger partial charge in [0.2, 0.25) is 0 Å². The minimum absolute atomic E-state index is 0.00333. The van der Waals surface area contributed by atoms with Crippen LogP contribution in [0.25, 0.3) is 0 Å². The average molecular weight is 182 g/mol. The van der Waals surface area contributed by atoms with Crippen LogP contribution in [0.4, 0.5) is 0 Å². The van der Waals surface area contributed by atoms with Gasteiger partial charge in [-0.2, -0.15) is 0 Å². The molecule has 74 valence electrons. The molecule has 0 aromatic carbocycles. The standard InChI is InChI=1S/C9H18N4/c1-5-8(10)9-12-11-7(4)13(9)6(2)3/h6,8H,5,10H2,1-4H3/t8-/m1/s1. The number of hydrogen-bond acceptors (Lipinski definition) is 3. The van der Waals surface area contributed by atoms with Crippen molar-refractivity contribution < 1.29 is 0 Å². The van der Waals surface area contributed by atoms with Crippen LogP contribution in [0.1, 0.15) is 50.9 Å². The highest BCUT2D eigenvalue weighted by Gasteiger charge is 2.16. The first kappa shape index (κ1) is 10.2. The SMILES string of the molecule is CC[C@@H](N)c1nnc(C)n1C(C)C. The Bertz CT molecular complexity index is 277. The minimum Gasteiger partial charge on any atom is -0.321 e. The second-order valence-electron chi connectivity index (χ2n) is 3.58. The van der Waals surface area contributed by atoms with Crippen molar-refractivity contribution in [1.82, 2.24) is 14.8 Å². The lowest BCUT2D eigenvalue weighted by atomic mass is 10.2. The highest BCUT2D eigenvalue weighted by atomic mass is 15.3. The molecule has 0 saturated carbocycles. The lowest BCUT2D eigenvalue weighted by Gasteiger charge is -2.15. The van der Waals surface area contributed by atoms with E-state index in [2.05, 4.69) is 35.5 Å². The average Bonchev–Trinajstić information content (AvgIpc) is 2.45. The highest BCUT2D eigenvalue weighted by Crippen LogP contribution is 2.17. The third kappa shape index (κ3) is 1.88. The molecule has 0 aliphatic rings. The molecule has 0 saturated heterocycles. The number of nitrogens with two attached hydrogens (primary N) is 1. The maximum absolute atomic E-state index is 5.92. The van der Waals surface area contributed by atoms with Crippen molar-refractivity contribution in [1.29, 1.82) is 0 Å². The molecule has 0 spiro atoms. The van der Waals surface area contributed by atoms with Crippen LogP contribution in [0.3, 0.4) is 0 Å². The smallest absolute Gasteiger partial charge is 0.150 e. The van der Waals surface area contributed by atoms with Gasteiger partial charge in [0.25, 0.3) is 0 Å². The van der Waals surface area contributed by atoms with Gasteiger partial charge in [-0.25, -0.2) is 0 Å². The summed E-state index contributed by atoms with van der Waals surface area (Å²) in [6, 6.07) is 0.381. The zero-order valence-electron chi connectivity index (χ0n) is 8.78. The van der Waals surface area contributed by atoms with Gasteiger partial charge in [0.05, 0.1) is 6.04 Å². The summed E-state index contributed by atoms with van der Waals surface area (Å²) < 4.78 is 2.09. The molecule has 0 unspecified atom stereocenters. The van der Waals surface area contributed by atoms with Crippen LogP contribution in [0, 0.1) is 6.92 Å². The Labute approximate surface area is 79.2 Å². The monoisotopic (exact) mass is 182 g/mol. The Balaban J connectivity index is 3.07. The molecule has 4 nitrogen and oxygen atoms in total. The van der Waals surface area contributed by atoms with Crippen LogP contribution >= 0.6 is 0 Å². The summed E-state index contributed by atoms with van der Waals surface area (Å²) in [7, 11) is 0. The highest BCUT2D eigenvalue weighted by molar-refractivity contribution is 5.00. The van der Waals surface area contributed by atoms with Gasteiger partial charge in [0.1, 0.15) is 11.6 Å². The molecule has 1 heterocycles. The van der Waals surface area contributed by atoms with Gasteiger partial charge in [0, 0.05) is 6.04 Å². The van der Waals surface area contributed by atoms with Gasteiger partial charge in [0.15, 0.2) is 0 Å². The first-order valence-corrected chi connectivity index (χ1v) is 4.74. The van der Waals surface area contributed by atoms with E-state index in [0.29, 0.717) is 6.04 Å². The predicted molar refractivity (Wildman–Crippen MR) is 52.4 cm³/mol. The molecular weight excluding hydrogens is 164 g/mol. The molecule has 2 N–H and O–H groups in total. The van der Waals surface area contributed by atoms with E-state index < -0.39 is 0 Å². The Hall–Kier alpha value is -0.900. The summed E-state index contributed by atoms with van der Waals surface area (Å²) in [5.41, 5.74) is 5.92. The first-order chi connectivity index (χ1) is 6.07. The van der Waals surface area contributed by atoms with E-state index in [0.717, 1.165) is 18.1 Å². The molecule has 1 aromatic heterocycles. The summed E-state index contributed by atoms with van der Waals surface area (Å²) >= 11 is 0. The molecule has 0 bridgehead atoms. The normalized spacial score (nSPS) is 13.7. The van der Waals surface area contributed by atoms with Crippen LogP contribution in [-0.4, -0.2) is 14.8 Å². The zero-order chi connectivity index (χ0) is 10.0. The maximum atomic E-state index is 5.92. The fourth-order valence-electron chi connectivity index (χ4n) is 1.46. The Morgan fingerprint density at radius 1 is 1.38 bits per heavy atom. The Morgan fingerprint density at radius 3 is 2.46 bits per heavy atom. The van der Waals surface area contributed by atoms with Gasteiger partial charge in [-0.1, -0.05) is 6.92 Å². The third-order valence-corrected chi connectivity index (χ3v) is 2.18. The summed E-state index contributed by atoms with van der Waals surface area (Å²) in [5.74, 6) is 1.84. The molecule has 1 aromatic rings. The lowest BCUT2D eigenvalue weighted by Crippen LogP contribution is -2.17. The van der Waals surface area contributed by atoms with Crippen molar-refractivity contribution >= 4 is 0 Å².